The number of benzene rings is 2. The minimum atomic E-state index is -0.914. The van der Waals surface area contributed by atoms with Crippen molar-refractivity contribution in [2.75, 3.05) is 37.7 Å². The Morgan fingerprint density at radius 1 is 1.13 bits per heavy atom. The molecule has 4 aliphatic heterocycles. The van der Waals surface area contributed by atoms with Crippen LogP contribution < -0.4 is 15.0 Å². The first-order valence-corrected chi connectivity index (χ1v) is 16.2. The minimum Gasteiger partial charge on any atom is -0.508 e. The highest BCUT2D eigenvalue weighted by molar-refractivity contribution is 6.31. The molecular formula is C33H34ClF3N6O2. The Labute approximate surface area is 263 Å². The number of pyridine rings is 1. The number of phenolic OH excluding ortho intramolecular Hbond substituents is 1. The van der Waals surface area contributed by atoms with Gasteiger partial charge in [-0.05, 0) is 62.2 Å². The zero-order valence-corrected chi connectivity index (χ0v) is 25.7. The molecule has 2 aromatic heterocycles. The summed E-state index contributed by atoms with van der Waals surface area (Å²) in [5.41, 5.74) is 0.149. The summed E-state index contributed by atoms with van der Waals surface area (Å²) in [6.45, 7) is 4.95. The molecule has 0 amide bonds. The van der Waals surface area contributed by atoms with Gasteiger partial charge < -0.3 is 20.1 Å². The number of piperazine rings is 1. The van der Waals surface area contributed by atoms with E-state index in [0.717, 1.165) is 38.8 Å². The highest BCUT2D eigenvalue weighted by Gasteiger charge is 2.49. The van der Waals surface area contributed by atoms with Crippen LogP contribution in [-0.2, 0) is 6.42 Å². The number of halogens is 4. The fraction of sp³-hybridized carbons (Fsp3) is 0.485. The van der Waals surface area contributed by atoms with Gasteiger partial charge in [-0.3, -0.25) is 4.90 Å². The quantitative estimate of drug-likeness (QED) is 0.278. The molecule has 8 nitrogen and oxygen atoms in total. The van der Waals surface area contributed by atoms with Crippen LogP contribution in [0.15, 0.2) is 24.3 Å². The molecule has 2 aromatic carbocycles. The van der Waals surface area contributed by atoms with Gasteiger partial charge in [-0.2, -0.15) is 9.97 Å². The lowest BCUT2D eigenvalue weighted by Crippen LogP contribution is -2.58. The van der Waals surface area contributed by atoms with E-state index in [1.165, 1.54) is 18.2 Å². The van der Waals surface area contributed by atoms with Gasteiger partial charge in [-0.1, -0.05) is 24.6 Å². The fourth-order valence-corrected chi connectivity index (χ4v) is 8.42. The summed E-state index contributed by atoms with van der Waals surface area (Å²) < 4.78 is 53.2. The maximum atomic E-state index is 16.9. The third-order valence-electron chi connectivity index (χ3n) is 10.3. The molecule has 0 aliphatic carbocycles. The largest absolute Gasteiger partial charge is 0.508 e. The van der Waals surface area contributed by atoms with Crippen molar-refractivity contribution in [2.24, 2.45) is 0 Å². The molecule has 0 unspecified atom stereocenters. The van der Waals surface area contributed by atoms with Crippen LogP contribution in [-0.4, -0.2) is 81.5 Å². The zero-order valence-electron chi connectivity index (χ0n) is 24.9. The van der Waals surface area contributed by atoms with Crippen LogP contribution in [0.1, 0.15) is 44.7 Å². The van der Waals surface area contributed by atoms with E-state index in [1.807, 2.05) is 0 Å². The van der Waals surface area contributed by atoms with Gasteiger partial charge in [0, 0.05) is 49.1 Å². The molecule has 3 fully saturated rings. The summed E-state index contributed by atoms with van der Waals surface area (Å²) in [5.74, 6) is -1.08. The normalized spacial score (nSPS) is 26.3. The standard InChI is InChI=1S/C33H34ClF3N6O2/c1-2-22-24-7-6-23-26-30(28(37)29(39-23)20-13-19(44)12-17-4-5-21(34)27(36)25(17)20)40-32(41-31(26)43(24)11-9-38-22)45-16-33-8-3-10-42(33)15-18(35)14-33/h4-5,12-13,18,22,24,38,44H,2-3,6-11,14-16H2,1H3/t18-,22+,24-,33+/m1/s1. The van der Waals surface area contributed by atoms with Crippen molar-refractivity contribution in [3.8, 4) is 23.0 Å². The number of hydrogen-bond donors (Lipinski definition) is 2. The van der Waals surface area contributed by atoms with Crippen molar-refractivity contribution in [3.63, 3.8) is 0 Å². The molecule has 4 aromatic rings. The Kier molecular flexibility index (Phi) is 6.99. The summed E-state index contributed by atoms with van der Waals surface area (Å²) in [7, 11) is 0. The van der Waals surface area contributed by atoms with Gasteiger partial charge >= 0.3 is 6.01 Å². The number of nitrogens with zero attached hydrogens (tertiary/aromatic N) is 5. The van der Waals surface area contributed by atoms with E-state index in [2.05, 4.69) is 27.0 Å². The average molecular weight is 639 g/mol. The Morgan fingerprint density at radius 2 is 2.00 bits per heavy atom. The second-order valence-electron chi connectivity index (χ2n) is 12.9. The van der Waals surface area contributed by atoms with Gasteiger partial charge in [0.05, 0.1) is 21.6 Å². The van der Waals surface area contributed by atoms with Crippen LogP contribution in [0.5, 0.6) is 11.8 Å². The van der Waals surface area contributed by atoms with Gasteiger partial charge in [0.15, 0.2) is 5.82 Å². The van der Waals surface area contributed by atoms with Crippen LogP contribution in [0.4, 0.5) is 19.0 Å². The van der Waals surface area contributed by atoms with Crippen molar-refractivity contribution in [2.45, 2.75) is 69.2 Å². The van der Waals surface area contributed by atoms with Crippen molar-refractivity contribution < 1.29 is 23.0 Å². The van der Waals surface area contributed by atoms with Gasteiger partial charge in [0.1, 0.15) is 41.4 Å². The second-order valence-corrected chi connectivity index (χ2v) is 13.3. The van der Waals surface area contributed by atoms with Crippen LogP contribution >= 0.6 is 11.6 Å². The van der Waals surface area contributed by atoms with Gasteiger partial charge in [-0.25, -0.2) is 18.2 Å². The van der Waals surface area contributed by atoms with Crippen LogP contribution in [0.2, 0.25) is 5.02 Å². The van der Waals surface area contributed by atoms with E-state index >= 15 is 8.78 Å². The topological polar surface area (TPSA) is 86.6 Å². The summed E-state index contributed by atoms with van der Waals surface area (Å²) >= 11 is 6.16. The summed E-state index contributed by atoms with van der Waals surface area (Å²) in [6, 6.07) is 6.00. The molecule has 4 aliphatic rings. The maximum absolute atomic E-state index is 16.9. The highest BCUT2D eigenvalue weighted by atomic mass is 35.5. The number of phenols is 1. The smallest absolute Gasteiger partial charge is 0.319 e. The van der Waals surface area contributed by atoms with Crippen LogP contribution in [0.3, 0.4) is 0 Å². The minimum absolute atomic E-state index is 0.0188. The predicted molar refractivity (Wildman–Crippen MR) is 167 cm³/mol. The highest BCUT2D eigenvalue weighted by Crippen LogP contribution is 2.44. The van der Waals surface area contributed by atoms with Crippen LogP contribution in [0.25, 0.3) is 32.9 Å². The van der Waals surface area contributed by atoms with E-state index in [-0.39, 0.29) is 57.6 Å². The first-order chi connectivity index (χ1) is 21.8. The summed E-state index contributed by atoms with van der Waals surface area (Å²) in [5, 5.41) is 15.0. The molecule has 236 valence electrons. The fourth-order valence-electron chi connectivity index (χ4n) is 8.26. The predicted octanol–water partition coefficient (Wildman–Crippen LogP) is 5.94. The van der Waals surface area contributed by atoms with E-state index in [4.69, 9.17) is 26.3 Å². The average Bonchev–Trinajstić information content (AvgIpc) is 3.50. The lowest BCUT2D eigenvalue weighted by Gasteiger charge is -2.42. The van der Waals surface area contributed by atoms with Crippen molar-refractivity contribution in [1.29, 1.82) is 0 Å². The molecule has 12 heteroatoms. The molecule has 0 radical (unpaired) electrons. The Hall–Kier alpha value is -3.41. The van der Waals surface area contributed by atoms with Crippen molar-refractivity contribution >= 4 is 39.1 Å². The number of hydrogen-bond acceptors (Lipinski definition) is 8. The van der Waals surface area contributed by atoms with Gasteiger partial charge in [-0.15, -0.1) is 0 Å². The number of anilines is 1. The number of aromatic nitrogens is 3. The van der Waals surface area contributed by atoms with Crippen molar-refractivity contribution in [1.82, 2.24) is 25.2 Å². The molecule has 4 atom stereocenters. The van der Waals surface area contributed by atoms with Gasteiger partial charge in [0.2, 0.25) is 0 Å². The first kappa shape index (κ1) is 29.0. The molecule has 6 heterocycles. The zero-order chi connectivity index (χ0) is 31.0. The van der Waals surface area contributed by atoms with Gasteiger partial charge in [0.25, 0.3) is 0 Å². The third-order valence-corrected chi connectivity index (χ3v) is 10.6. The molecule has 3 saturated heterocycles. The number of alkyl halides is 1. The SMILES string of the molecule is CC[C@@H]1NCCN2c3nc(OC[C@@]45CCCN4C[C@H](F)C5)nc4c(F)c(-c5cc(O)cc6ccc(Cl)c(F)c56)nc(c34)CC[C@H]12. The number of ether oxygens (including phenoxy) is 1. The number of aryl methyl sites for hydroxylation is 1. The first-order valence-electron chi connectivity index (χ1n) is 15.8. The number of rotatable bonds is 5. The van der Waals surface area contributed by atoms with E-state index in [0.29, 0.717) is 48.2 Å². The Balaban J connectivity index is 1.32. The number of fused-ring (bicyclic) bond motifs is 4. The second kappa shape index (κ2) is 10.8. The lowest BCUT2D eigenvalue weighted by molar-refractivity contribution is 0.107. The maximum Gasteiger partial charge on any atom is 0.319 e. The Morgan fingerprint density at radius 3 is 2.84 bits per heavy atom. The molecular weight excluding hydrogens is 605 g/mol. The van der Waals surface area contributed by atoms with Crippen LogP contribution in [0, 0.1) is 11.6 Å². The molecule has 0 saturated carbocycles. The number of nitrogens with one attached hydrogen (secondary N) is 1. The van der Waals surface area contributed by atoms with E-state index < -0.39 is 23.3 Å². The summed E-state index contributed by atoms with van der Waals surface area (Å²) in [6.07, 6.45) is 3.42. The molecule has 0 spiro atoms. The monoisotopic (exact) mass is 638 g/mol. The molecule has 8 rings (SSSR count). The Bertz CT molecular complexity index is 1840. The van der Waals surface area contributed by atoms with Crippen molar-refractivity contribution in [3.05, 3.63) is 46.6 Å². The molecule has 2 N–H and O–H groups in total. The van der Waals surface area contributed by atoms with E-state index in [9.17, 15) is 9.50 Å². The molecule has 0 bridgehead atoms. The molecule has 45 heavy (non-hydrogen) atoms. The summed E-state index contributed by atoms with van der Waals surface area (Å²) in [4.78, 5) is 18.7. The lowest BCUT2D eigenvalue weighted by atomic mass is 9.95. The number of aromatic hydroxyl groups is 1. The third kappa shape index (κ3) is 4.60. The van der Waals surface area contributed by atoms with E-state index in [1.54, 1.807) is 6.07 Å².